The van der Waals surface area contributed by atoms with E-state index in [2.05, 4.69) is 4.98 Å². The second kappa shape index (κ2) is 5.09. The Kier molecular flexibility index (Phi) is 2.66. The SMILES string of the molecule is [2H]C([2H])([2H])n1c(=O)n(C23CCC(C(=O)OC)(CC2)CC3)c2cc(Cl)ncc21. The van der Waals surface area contributed by atoms with Gasteiger partial charge in [0.2, 0.25) is 0 Å². The molecule has 0 radical (unpaired) electrons. The van der Waals surface area contributed by atoms with E-state index in [9.17, 15) is 9.59 Å². The lowest BCUT2D eigenvalue weighted by molar-refractivity contribution is -0.161. The van der Waals surface area contributed by atoms with Crippen molar-refractivity contribution in [2.45, 2.75) is 44.1 Å². The molecule has 0 atom stereocenters. The summed E-state index contributed by atoms with van der Waals surface area (Å²) in [7, 11) is 1.40. The van der Waals surface area contributed by atoms with E-state index in [4.69, 9.17) is 20.5 Å². The maximum atomic E-state index is 13.2. The third kappa shape index (κ3) is 1.92. The van der Waals surface area contributed by atoms with Crippen LogP contribution in [0.3, 0.4) is 0 Å². The molecule has 5 rings (SSSR count). The molecule has 2 aromatic heterocycles. The summed E-state index contributed by atoms with van der Waals surface area (Å²) in [5.74, 6) is -0.194. The molecule has 0 amide bonds. The number of hydrogen-bond donors (Lipinski definition) is 0. The average molecular weight is 353 g/mol. The van der Waals surface area contributed by atoms with Crippen LogP contribution in [0.5, 0.6) is 0 Å². The maximum absolute atomic E-state index is 13.2. The van der Waals surface area contributed by atoms with Crippen LogP contribution < -0.4 is 5.69 Å². The molecule has 3 aliphatic carbocycles. The van der Waals surface area contributed by atoms with Crippen molar-refractivity contribution in [2.24, 2.45) is 12.4 Å². The second-order valence-corrected chi connectivity index (χ2v) is 7.33. The molecule has 3 saturated carbocycles. The normalized spacial score (nSPS) is 31.5. The number of ether oxygens (including phenoxy) is 1. The summed E-state index contributed by atoms with van der Waals surface area (Å²) < 4.78 is 30.7. The van der Waals surface area contributed by atoms with Gasteiger partial charge >= 0.3 is 11.7 Å². The molecule has 2 heterocycles. The molecule has 3 fully saturated rings. The number of carbonyl (C=O) groups is 1. The predicted molar refractivity (Wildman–Crippen MR) is 90.1 cm³/mol. The first-order valence-electron chi connectivity index (χ1n) is 9.52. The summed E-state index contributed by atoms with van der Waals surface area (Å²) in [6.45, 7) is -2.62. The first-order valence-corrected chi connectivity index (χ1v) is 8.40. The number of halogens is 1. The number of methoxy groups -OCH3 is 1. The Morgan fingerprint density at radius 3 is 2.54 bits per heavy atom. The Bertz CT molecular complexity index is 970. The number of hydrogen-bond acceptors (Lipinski definition) is 4. The zero-order chi connectivity index (χ0) is 19.6. The Morgan fingerprint density at radius 1 is 1.29 bits per heavy atom. The largest absolute Gasteiger partial charge is 0.469 e. The molecule has 0 unspecified atom stereocenters. The number of aromatic nitrogens is 3. The molecule has 6 nitrogen and oxygen atoms in total. The number of rotatable bonds is 2. The fourth-order valence-corrected chi connectivity index (χ4v) is 4.70. The van der Waals surface area contributed by atoms with Crippen molar-refractivity contribution in [1.82, 2.24) is 14.1 Å². The molecule has 0 spiro atoms. The van der Waals surface area contributed by atoms with Crippen LogP contribution in [0.2, 0.25) is 5.15 Å². The minimum absolute atomic E-state index is 0.194. The molecule has 128 valence electrons. The number of nitrogens with zero attached hydrogens (tertiary/aromatic N) is 3. The second-order valence-electron chi connectivity index (χ2n) is 6.95. The van der Waals surface area contributed by atoms with Crippen LogP contribution in [0.4, 0.5) is 0 Å². The molecule has 2 aromatic rings. The Morgan fingerprint density at radius 2 is 1.96 bits per heavy atom. The lowest BCUT2D eigenvalue weighted by atomic mass is 9.57. The third-order valence-electron chi connectivity index (χ3n) is 5.99. The van der Waals surface area contributed by atoms with Gasteiger partial charge in [0, 0.05) is 22.7 Å². The molecule has 2 bridgehead atoms. The molecule has 0 aliphatic heterocycles. The van der Waals surface area contributed by atoms with Crippen molar-refractivity contribution in [1.29, 1.82) is 0 Å². The van der Waals surface area contributed by atoms with E-state index in [1.807, 2.05) is 0 Å². The minimum Gasteiger partial charge on any atom is -0.469 e. The summed E-state index contributed by atoms with van der Waals surface area (Å²) >= 11 is 6.05. The van der Waals surface area contributed by atoms with Gasteiger partial charge in [-0.15, -0.1) is 0 Å². The lowest BCUT2D eigenvalue weighted by Crippen LogP contribution is -2.53. The summed E-state index contributed by atoms with van der Waals surface area (Å²) in [5.41, 5.74) is -0.868. The van der Waals surface area contributed by atoms with Crippen molar-refractivity contribution in [3.8, 4) is 0 Å². The van der Waals surface area contributed by atoms with Crippen LogP contribution in [0.25, 0.3) is 11.0 Å². The van der Waals surface area contributed by atoms with Crippen LogP contribution in [-0.4, -0.2) is 27.2 Å². The highest BCUT2D eigenvalue weighted by atomic mass is 35.5. The molecule has 24 heavy (non-hydrogen) atoms. The van der Waals surface area contributed by atoms with Crippen molar-refractivity contribution in [2.75, 3.05) is 7.11 Å². The van der Waals surface area contributed by atoms with E-state index >= 15 is 0 Å². The van der Waals surface area contributed by atoms with E-state index in [0.717, 1.165) is 4.57 Å². The minimum atomic E-state index is -2.62. The topological polar surface area (TPSA) is 66.1 Å². The summed E-state index contributed by atoms with van der Waals surface area (Å²) in [6.07, 6.45) is 5.03. The molecule has 0 N–H and O–H groups in total. The number of aryl methyl sites for hydroxylation is 1. The number of imidazole rings is 1. The third-order valence-corrected chi connectivity index (χ3v) is 6.20. The first-order chi connectivity index (χ1) is 12.6. The molecule has 3 aliphatic rings. The highest BCUT2D eigenvalue weighted by Gasteiger charge is 2.54. The quantitative estimate of drug-likeness (QED) is 0.615. The van der Waals surface area contributed by atoms with Gasteiger partial charge in [-0.25, -0.2) is 9.78 Å². The molecular formula is C17H20ClN3O3. The summed E-state index contributed by atoms with van der Waals surface area (Å²) in [4.78, 5) is 29.4. The Hall–Kier alpha value is -1.82. The Balaban J connectivity index is 1.89. The van der Waals surface area contributed by atoms with Crippen molar-refractivity contribution < 1.29 is 13.6 Å². The first kappa shape index (κ1) is 12.5. The standard InChI is InChI=1S/C17H20ClN3O3/c1-20-12-10-19-13(18)9-11(12)21(15(20)23)17-6-3-16(4-7-17,5-8-17)14(22)24-2/h9-10H,3-8H2,1-2H3/i1D3. The predicted octanol–water partition coefficient (Wildman–Crippen LogP) is 2.61. The highest BCUT2D eigenvalue weighted by Crippen LogP contribution is 2.56. The lowest BCUT2D eigenvalue weighted by Gasteiger charge is -2.52. The van der Waals surface area contributed by atoms with E-state index in [1.54, 1.807) is 10.6 Å². The molecule has 0 aromatic carbocycles. The van der Waals surface area contributed by atoms with Gasteiger partial charge in [-0.1, -0.05) is 11.6 Å². The molecule has 0 saturated heterocycles. The van der Waals surface area contributed by atoms with Gasteiger partial charge in [0.05, 0.1) is 29.8 Å². The van der Waals surface area contributed by atoms with Crippen LogP contribution in [0, 0.1) is 5.41 Å². The number of fused-ring (bicyclic) bond motifs is 4. The molecule has 7 heteroatoms. The van der Waals surface area contributed by atoms with E-state index in [1.165, 1.54) is 13.3 Å². The van der Waals surface area contributed by atoms with Gasteiger partial charge in [0.25, 0.3) is 0 Å². The fourth-order valence-electron chi connectivity index (χ4n) is 4.55. The van der Waals surface area contributed by atoms with Gasteiger partial charge < -0.3 is 4.74 Å². The van der Waals surface area contributed by atoms with E-state index < -0.39 is 23.6 Å². The Labute approximate surface area is 148 Å². The number of pyridine rings is 1. The van der Waals surface area contributed by atoms with Gasteiger partial charge in [-0.3, -0.25) is 13.9 Å². The fraction of sp³-hybridized carbons (Fsp3) is 0.588. The summed E-state index contributed by atoms with van der Waals surface area (Å²) in [5, 5.41) is 0.200. The zero-order valence-corrected chi connectivity index (χ0v) is 14.1. The number of carbonyl (C=O) groups excluding carboxylic acids is 1. The van der Waals surface area contributed by atoms with Gasteiger partial charge in [-0.05, 0) is 38.5 Å². The van der Waals surface area contributed by atoms with Gasteiger partial charge in [0.1, 0.15) is 5.15 Å². The summed E-state index contributed by atoms with van der Waals surface area (Å²) in [6, 6.07) is 1.55. The highest BCUT2D eigenvalue weighted by molar-refractivity contribution is 6.29. The molecular weight excluding hydrogens is 330 g/mol. The van der Waals surface area contributed by atoms with Gasteiger partial charge in [0.15, 0.2) is 0 Å². The maximum Gasteiger partial charge on any atom is 0.329 e. The van der Waals surface area contributed by atoms with Crippen LogP contribution in [-0.2, 0) is 22.0 Å². The van der Waals surface area contributed by atoms with Crippen LogP contribution in [0.15, 0.2) is 17.1 Å². The van der Waals surface area contributed by atoms with Crippen LogP contribution in [0.1, 0.15) is 42.6 Å². The van der Waals surface area contributed by atoms with Crippen molar-refractivity contribution >= 4 is 28.6 Å². The van der Waals surface area contributed by atoms with E-state index in [-0.39, 0.29) is 16.6 Å². The van der Waals surface area contributed by atoms with Crippen LogP contribution >= 0.6 is 11.6 Å². The zero-order valence-electron chi connectivity index (χ0n) is 16.3. The van der Waals surface area contributed by atoms with Crippen molar-refractivity contribution in [3.05, 3.63) is 27.9 Å². The average Bonchev–Trinajstić information content (AvgIpc) is 2.94. The number of esters is 1. The monoisotopic (exact) mass is 352 g/mol. The smallest absolute Gasteiger partial charge is 0.329 e. The van der Waals surface area contributed by atoms with Crippen molar-refractivity contribution in [3.63, 3.8) is 0 Å². The van der Waals surface area contributed by atoms with Gasteiger partial charge in [-0.2, -0.15) is 0 Å². The van der Waals surface area contributed by atoms with E-state index in [0.29, 0.717) is 44.0 Å².